The summed E-state index contributed by atoms with van der Waals surface area (Å²) in [6, 6.07) is 5.66. The van der Waals surface area contributed by atoms with Crippen LogP contribution in [0.1, 0.15) is 23.7 Å². The SMILES string of the molecule is CC(Nc1cccc(C(N)=S)n1)c1nccs1. The molecule has 0 aromatic carbocycles. The van der Waals surface area contributed by atoms with Gasteiger partial charge in [-0.2, -0.15) is 0 Å². The molecule has 0 spiro atoms. The van der Waals surface area contributed by atoms with Crippen molar-refractivity contribution in [3.05, 3.63) is 40.5 Å². The second kappa shape index (κ2) is 5.20. The highest BCUT2D eigenvalue weighted by atomic mass is 32.1. The van der Waals surface area contributed by atoms with E-state index in [1.165, 1.54) is 0 Å². The summed E-state index contributed by atoms with van der Waals surface area (Å²) in [4.78, 5) is 8.87. The number of rotatable bonds is 4. The molecule has 3 N–H and O–H groups in total. The summed E-state index contributed by atoms with van der Waals surface area (Å²) in [5.41, 5.74) is 6.16. The Bertz CT molecular complexity index is 510. The van der Waals surface area contributed by atoms with E-state index in [-0.39, 0.29) is 6.04 Å². The van der Waals surface area contributed by atoms with Gasteiger partial charge in [-0.05, 0) is 19.1 Å². The van der Waals surface area contributed by atoms with Gasteiger partial charge in [0.15, 0.2) is 0 Å². The highest BCUT2D eigenvalue weighted by Gasteiger charge is 2.08. The largest absolute Gasteiger partial charge is 0.388 e. The van der Waals surface area contributed by atoms with Gasteiger partial charge in [-0.15, -0.1) is 11.3 Å². The van der Waals surface area contributed by atoms with E-state index in [1.807, 2.05) is 24.4 Å². The van der Waals surface area contributed by atoms with E-state index < -0.39 is 0 Å². The third kappa shape index (κ3) is 2.98. The summed E-state index contributed by atoms with van der Waals surface area (Å²) in [5.74, 6) is 0.748. The lowest BCUT2D eigenvalue weighted by Gasteiger charge is -2.12. The van der Waals surface area contributed by atoms with Crippen LogP contribution in [0.4, 0.5) is 5.82 Å². The van der Waals surface area contributed by atoms with Gasteiger partial charge < -0.3 is 11.1 Å². The third-order valence-corrected chi connectivity index (χ3v) is 3.36. The van der Waals surface area contributed by atoms with Gasteiger partial charge in [0.1, 0.15) is 15.8 Å². The molecule has 0 aliphatic heterocycles. The molecule has 1 atom stereocenters. The van der Waals surface area contributed by atoms with E-state index in [1.54, 1.807) is 23.6 Å². The van der Waals surface area contributed by atoms with Crippen molar-refractivity contribution in [2.24, 2.45) is 5.73 Å². The van der Waals surface area contributed by atoms with Crippen molar-refractivity contribution < 1.29 is 0 Å². The van der Waals surface area contributed by atoms with Gasteiger partial charge in [0, 0.05) is 11.6 Å². The predicted molar refractivity (Wildman–Crippen MR) is 74.3 cm³/mol. The number of aromatic nitrogens is 2. The second-order valence-corrected chi connectivity index (χ2v) is 4.87. The molecule has 0 amide bonds. The average Bonchev–Trinajstić information content (AvgIpc) is 2.82. The molecule has 2 aromatic rings. The standard InChI is InChI=1S/C11H12N4S2/c1-7(11-13-5-6-17-11)14-9-4-2-3-8(15-9)10(12)16/h2-7H,1H3,(H2,12,16)(H,14,15). The predicted octanol–water partition coefficient (Wildman–Crippen LogP) is 2.35. The van der Waals surface area contributed by atoms with Crippen molar-refractivity contribution in [1.29, 1.82) is 0 Å². The Kier molecular flexibility index (Phi) is 3.65. The van der Waals surface area contributed by atoms with E-state index in [0.29, 0.717) is 10.7 Å². The minimum atomic E-state index is 0.115. The van der Waals surface area contributed by atoms with Crippen LogP contribution in [0.25, 0.3) is 0 Å². The fourth-order valence-electron chi connectivity index (χ4n) is 1.38. The van der Waals surface area contributed by atoms with Gasteiger partial charge >= 0.3 is 0 Å². The Morgan fingerprint density at radius 3 is 3.00 bits per heavy atom. The van der Waals surface area contributed by atoms with Crippen LogP contribution >= 0.6 is 23.6 Å². The molecule has 88 valence electrons. The van der Waals surface area contributed by atoms with Crippen LogP contribution < -0.4 is 11.1 Å². The lowest BCUT2D eigenvalue weighted by Crippen LogP contribution is -2.14. The Balaban J connectivity index is 2.13. The zero-order chi connectivity index (χ0) is 12.3. The van der Waals surface area contributed by atoms with Gasteiger partial charge in [-0.3, -0.25) is 0 Å². The minimum Gasteiger partial charge on any atom is -0.388 e. The molecule has 0 aliphatic carbocycles. The molecule has 0 radical (unpaired) electrons. The van der Waals surface area contributed by atoms with Crippen LogP contribution in [0.2, 0.25) is 0 Å². The molecule has 2 heterocycles. The molecule has 0 fully saturated rings. The number of nitrogens with one attached hydrogen (secondary N) is 1. The van der Waals surface area contributed by atoms with Gasteiger partial charge in [-0.25, -0.2) is 9.97 Å². The first kappa shape index (κ1) is 11.9. The van der Waals surface area contributed by atoms with Crippen molar-refractivity contribution in [3.8, 4) is 0 Å². The first-order valence-electron chi connectivity index (χ1n) is 5.09. The molecule has 2 rings (SSSR count). The fourth-order valence-corrected chi connectivity index (χ4v) is 2.14. The van der Waals surface area contributed by atoms with Crippen molar-refractivity contribution in [1.82, 2.24) is 9.97 Å². The zero-order valence-corrected chi connectivity index (χ0v) is 10.9. The molecular formula is C11H12N4S2. The zero-order valence-electron chi connectivity index (χ0n) is 9.25. The van der Waals surface area contributed by atoms with Crippen molar-refractivity contribution >= 4 is 34.4 Å². The fraction of sp³-hybridized carbons (Fsp3) is 0.182. The van der Waals surface area contributed by atoms with E-state index in [9.17, 15) is 0 Å². The third-order valence-electron chi connectivity index (χ3n) is 2.19. The molecule has 6 heteroatoms. The highest BCUT2D eigenvalue weighted by Crippen LogP contribution is 2.19. The lowest BCUT2D eigenvalue weighted by atomic mass is 10.3. The van der Waals surface area contributed by atoms with Gasteiger partial charge in [0.2, 0.25) is 0 Å². The van der Waals surface area contributed by atoms with E-state index in [0.717, 1.165) is 10.8 Å². The molecule has 0 saturated heterocycles. The van der Waals surface area contributed by atoms with Crippen LogP contribution in [0, 0.1) is 0 Å². The van der Waals surface area contributed by atoms with Gasteiger partial charge in [0.05, 0.1) is 11.7 Å². The summed E-state index contributed by atoms with van der Waals surface area (Å²) in [5, 5.41) is 6.23. The molecule has 0 bridgehead atoms. The number of hydrogen-bond donors (Lipinski definition) is 2. The molecule has 17 heavy (non-hydrogen) atoms. The number of hydrogen-bond acceptors (Lipinski definition) is 5. The summed E-state index contributed by atoms with van der Waals surface area (Å²) in [6.07, 6.45) is 1.79. The van der Waals surface area contributed by atoms with Gasteiger partial charge in [0.25, 0.3) is 0 Å². The summed E-state index contributed by atoms with van der Waals surface area (Å²) in [6.45, 7) is 2.04. The maximum atomic E-state index is 5.54. The highest BCUT2D eigenvalue weighted by molar-refractivity contribution is 7.80. The van der Waals surface area contributed by atoms with Crippen LogP contribution in [0.15, 0.2) is 29.8 Å². The van der Waals surface area contributed by atoms with E-state index in [2.05, 4.69) is 15.3 Å². The summed E-state index contributed by atoms with van der Waals surface area (Å²) in [7, 11) is 0. The quantitative estimate of drug-likeness (QED) is 0.830. The van der Waals surface area contributed by atoms with Crippen LogP contribution in [-0.4, -0.2) is 15.0 Å². The summed E-state index contributed by atoms with van der Waals surface area (Å²) < 4.78 is 0. The Morgan fingerprint density at radius 1 is 1.53 bits per heavy atom. The lowest BCUT2D eigenvalue weighted by molar-refractivity contribution is 0.860. The topological polar surface area (TPSA) is 63.8 Å². The van der Waals surface area contributed by atoms with Crippen LogP contribution in [0.5, 0.6) is 0 Å². The average molecular weight is 264 g/mol. The number of anilines is 1. The number of thiocarbonyl (C=S) groups is 1. The monoisotopic (exact) mass is 264 g/mol. The number of pyridine rings is 1. The molecule has 0 saturated carbocycles. The number of thiazole rings is 1. The first-order valence-corrected chi connectivity index (χ1v) is 6.38. The minimum absolute atomic E-state index is 0.115. The smallest absolute Gasteiger partial charge is 0.127 e. The van der Waals surface area contributed by atoms with Crippen molar-refractivity contribution in [2.45, 2.75) is 13.0 Å². The van der Waals surface area contributed by atoms with E-state index in [4.69, 9.17) is 18.0 Å². The van der Waals surface area contributed by atoms with E-state index >= 15 is 0 Å². The Labute approximate surface area is 109 Å². The number of nitrogens with zero attached hydrogens (tertiary/aromatic N) is 2. The second-order valence-electron chi connectivity index (χ2n) is 3.51. The Hall–Kier alpha value is -1.53. The molecule has 1 unspecified atom stereocenters. The molecular weight excluding hydrogens is 252 g/mol. The Morgan fingerprint density at radius 2 is 2.35 bits per heavy atom. The number of nitrogens with two attached hydrogens (primary N) is 1. The maximum absolute atomic E-state index is 5.54. The first-order chi connectivity index (χ1) is 8.16. The maximum Gasteiger partial charge on any atom is 0.127 e. The van der Waals surface area contributed by atoms with Crippen molar-refractivity contribution in [3.63, 3.8) is 0 Å². The molecule has 2 aromatic heterocycles. The molecule has 4 nitrogen and oxygen atoms in total. The van der Waals surface area contributed by atoms with Crippen LogP contribution in [0.3, 0.4) is 0 Å². The van der Waals surface area contributed by atoms with Crippen LogP contribution in [-0.2, 0) is 0 Å². The van der Waals surface area contributed by atoms with Crippen molar-refractivity contribution in [2.75, 3.05) is 5.32 Å². The van der Waals surface area contributed by atoms with Gasteiger partial charge in [-0.1, -0.05) is 18.3 Å². The summed E-state index contributed by atoms with van der Waals surface area (Å²) >= 11 is 6.50. The molecule has 0 aliphatic rings. The normalized spacial score (nSPS) is 12.1.